The molecule has 0 N–H and O–H groups in total. The molecule has 194 valence electrons. The molecule has 1 aromatic heterocycles. The van der Waals surface area contributed by atoms with Gasteiger partial charge < -0.3 is 9.47 Å². The van der Waals surface area contributed by atoms with Crippen molar-refractivity contribution in [2.75, 3.05) is 13.7 Å². The number of thiazole rings is 1. The van der Waals surface area contributed by atoms with E-state index in [1.54, 1.807) is 30.6 Å². The first-order valence-corrected chi connectivity index (χ1v) is 14.5. The number of aryl methyl sites for hydroxylation is 1. The third-order valence-corrected chi connectivity index (χ3v) is 9.31. The van der Waals surface area contributed by atoms with Gasteiger partial charge in [-0.25, -0.2) is 13.4 Å². The number of ether oxygens (including phenoxy) is 2. The minimum absolute atomic E-state index is 0.151. The number of hydrogen-bond acceptors (Lipinski definition) is 6. The Kier molecular flexibility index (Phi) is 8.87. The number of aromatic nitrogens is 1. The highest BCUT2D eigenvalue weighted by atomic mass is 35.5. The summed E-state index contributed by atoms with van der Waals surface area (Å²) in [5.74, 6) is 1.16. The Morgan fingerprint density at radius 1 is 1.03 bits per heavy atom. The van der Waals surface area contributed by atoms with E-state index in [1.807, 2.05) is 67.9 Å². The summed E-state index contributed by atoms with van der Waals surface area (Å²) in [5.41, 5.74) is 4.53. The van der Waals surface area contributed by atoms with Crippen molar-refractivity contribution in [3.63, 3.8) is 0 Å². The average Bonchev–Trinajstić information content (AvgIpc) is 3.32. The molecule has 0 fully saturated rings. The van der Waals surface area contributed by atoms with E-state index in [-0.39, 0.29) is 11.4 Å². The van der Waals surface area contributed by atoms with Crippen LogP contribution in [0.1, 0.15) is 34.7 Å². The minimum Gasteiger partial charge on any atom is -0.493 e. The van der Waals surface area contributed by atoms with Crippen LogP contribution < -0.4 is 9.47 Å². The van der Waals surface area contributed by atoms with Crippen LogP contribution in [0.15, 0.2) is 83.2 Å². The molecule has 4 aromatic rings. The fraction of sp³-hybridized carbons (Fsp3) is 0.250. The first-order chi connectivity index (χ1) is 17.8. The Morgan fingerprint density at radius 2 is 1.76 bits per heavy atom. The van der Waals surface area contributed by atoms with Crippen molar-refractivity contribution in [3.05, 3.63) is 105 Å². The van der Waals surface area contributed by atoms with Crippen LogP contribution in [0.2, 0.25) is 5.02 Å². The van der Waals surface area contributed by atoms with Crippen LogP contribution in [0.3, 0.4) is 0 Å². The van der Waals surface area contributed by atoms with Crippen molar-refractivity contribution in [1.29, 1.82) is 0 Å². The van der Waals surface area contributed by atoms with Crippen LogP contribution >= 0.6 is 22.9 Å². The number of halogens is 1. The molecule has 0 radical (unpaired) electrons. The second kappa shape index (κ2) is 12.1. The zero-order valence-corrected chi connectivity index (χ0v) is 23.3. The Balaban J connectivity index is 1.60. The summed E-state index contributed by atoms with van der Waals surface area (Å²) < 4.78 is 40.7. The maximum atomic E-state index is 13.8. The van der Waals surface area contributed by atoms with Gasteiger partial charge in [-0.1, -0.05) is 48.0 Å². The highest BCUT2D eigenvalue weighted by Gasteiger charge is 2.30. The number of rotatable bonds is 11. The summed E-state index contributed by atoms with van der Waals surface area (Å²) in [6, 6.07) is 20.9. The predicted octanol–water partition coefficient (Wildman–Crippen LogP) is 6.69. The van der Waals surface area contributed by atoms with Crippen molar-refractivity contribution < 1.29 is 17.9 Å². The van der Waals surface area contributed by atoms with Gasteiger partial charge in [0.25, 0.3) is 0 Å². The van der Waals surface area contributed by atoms with E-state index in [0.29, 0.717) is 23.1 Å². The Labute approximate surface area is 227 Å². The molecule has 0 saturated carbocycles. The van der Waals surface area contributed by atoms with Crippen LogP contribution in [-0.4, -0.2) is 31.4 Å². The number of sulfonamides is 1. The van der Waals surface area contributed by atoms with Crippen molar-refractivity contribution >= 4 is 33.0 Å². The first-order valence-electron chi connectivity index (χ1n) is 11.8. The molecule has 0 saturated heterocycles. The molecule has 0 bridgehead atoms. The summed E-state index contributed by atoms with van der Waals surface area (Å²) in [5, 5.41) is 0.479. The monoisotopic (exact) mass is 556 g/mol. The quantitative estimate of drug-likeness (QED) is 0.206. The average molecular weight is 557 g/mol. The number of methoxy groups -OCH3 is 1. The summed E-state index contributed by atoms with van der Waals surface area (Å²) in [6.45, 7) is 4.51. The second-order valence-electron chi connectivity index (χ2n) is 8.54. The molecular formula is C28H29ClN2O4S2. The van der Waals surface area contributed by atoms with Crippen LogP contribution in [0.5, 0.6) is 11.5 Å². The van der Waals surface area contributed by atoms with Crippen LogP contribution in [0.4, 0.5) is 0 Å². The fourth-order valence-corrected chi connectivity index (χ4v) is 6.50. The lowest BCUT2D eigenvalue weighted by molar-refractivity contribution is 0.297. The summed E-state index contributed by atoms with van der Waals surface area (Å²) in [4.78, 5) is 5.65. The highest BCUT2D eigenvalue weighted by Crippen LogP contribution is 2.33. The van der Waals surface area contributed by atoms with E-state index in [0.717, 1.165) is 23.2 Å². The van der Waals surface area contributed by atoms with Gasteiger partial charge in [-0.2, -0.15) is 4.31 Å². The maximum absolute atomic E-state index is 13.8. The van der Waals surface area contributed by atoms with Gasteiger partial charge in [-0.3, -0.25) is 0 Å². The minimum atomic E-state index is -3.84. The number of nitrogens with zero attached hydrogens (tertiary/aromatic N) is 2. The number of benzene rings is 3. The van der Waals surface area contributed by atoms with Crippen molar-refractivity contribution in [2.24, 2.45) is 0 Å². The van der Waals surface area contributed by atoms with Gasteiger partial charge in [0.05, 0.1) is 29.8 Å². The molecule has 6 nitrogen and oxygen atoms in total. The lowest BCUT2D eigenvalue weighted by atomic mass is 10.1. The summed E-state index contributed by atoms with van der Waals surface area (Å²) in [7, 11) is -2.26. The molecule has 1 unspecified atom stereocenters. The van der Waals surface area contributed by atoms with E-state index in [2.05, 4.69) is 4.98 Å². The Morgan fingerprint density at radius 3 is 2.41 bits per heavy atom. The molecule has 0 amide bonds. The highest BCUT2D eigenvalue weighted by molar-refractivity contribution is 7.89. The van der Waals surface area contributed by atoms with Crippen molar-refractivity contribution in [1.82, 2.24) is 9.29 Å². The zero-order chi connectivity index (χ0) is 26.4. The van der Waals surface area contributed by atoms with Gasteiger partial charge in [0.1, 0.15) is 0 Å². The van der Waals surface area contributed by atoms with E-state index >= 15 is 0 Å². The molecule has 0 spiro atoms. The van der Waals surface area contributed by atoms with Gasteiger partial charge in [0.2, 0.25) is 10.0 Å². The predicted molar refractivity (Wildman–Crippen MR) is 148 cm³/mol. The van der Waals surface area contributed by atoms with Gasteiger partial charge in [-0.05, 0) is 61.4 Å². The van der Waals surface area contributed by atoms with E-state index < -0.39 is 16.1 Å². The maximum Gasteiger partial charge on any atom is 0.243 e. The summed E-state index contributed by atoms with van der Waals surface area (Å²) in [6.07, 6.45) is 0.753. The fourth-order valence-electron chi connectivity index (χ4n) is 4.00. The second-order valence-corrected chi connectivity index (χ2v) is 11.8. The van der Waals surface area contributed by atoms with E-state index in [1.165, 1.54) is 21.3 Å². The third kappa shape index (κ3) is 6.51. The van der Waals surface area contributed by atoms with Gasteiger partial charge in [-0.15, -0.1) is 11.3 Å². The molecule has 1 heterocycles. The molecule has 0 aliphatic carbocycles. The molecule has 0 aliphatic rings. The standard InChI is InChI=1S/C28H29ClN2O4S2/c1-20-28(36-19-30-20)15-16-35-26-14-9-22(17-27(26)34-3)18-31(21(2)23-7-5-4-6-8-23)37(32,33)25-12-10-24(29)11-13-25/h4-14,17,19,21H,15-16,18H2,1-3H3. The Bertz CT molecular complexity index is 1420. The smallest absolute Gasteiger partial charge is 0.243 e. The Hall–Kier alpha value is -2.91. The zero-order valence-electron chi connectivity index (χ0n) is 20.9. The van der Waals surface area contributed by atoms with Crippen molar-refractivity contribution in [3.8, 4) is 11.5 Å². The van der Waals surface area contributed by atoms with Gasteiger partial charge >= 0.3 is 0 Å². The van der Waals surface area contributed by atoms with Gasteiger partial charge in [0, 0.05) is 28.9 Å². The largest absolute Gasteiger partial charge is 0.493 e. The topological polar surface area (TPSA) is 68.7 Å². The molecule has 37 heavy (non-hydrogen) atoms. The van der Waals surface area contributed by atoms with Crippen molar-refractivity contribution in [2.45, 2.75) is 37.8 Å². The molecule has 0 aliphatic heterocycles. The first kappa shape index (κ1) is 27.1. The molecule has 1 atom stereocenters. The SMILES string of the molecule is COc1cc(CN(C(C)c2ccccc2)S(=O)(=O)c2ccc(Cl)cc2)ccc1OCCc1scnc1C. The lowest BCUT2D eigenvalue weighted by Crippen LogP contribution is -2.33. The number of hydrogen-bond donors (Lipinski definition) is 0. The lowest BCUT2D eigenvalue weighted by Gasteiger charge is -2.29. The van der Waals surface area contributed by atoms with E-state index in [9.17, 15) is 8.42 Å². The third-order valence-electron chi connectivity index (χ3n) is 6.13. The van der Waals surface area contributed by atoms with Gasteiger partial charge in [0.15, 0.2) is 11.5 Å². The molecular weight excluding hydrogens is 528 g/mol. The normalized spacial score (nSPS) is 12.5. The summed E-state index contributed by atoms with van der Waals surface area (Å²) >= 11 is 7.63. The van der Waals surface area contributed by atoms with E-state index in [4.69, 9.17) is 21.1 Å². The van der Waals surface area contributed by atoms with Crippen LogP contribution in [-0.2, 0) is 23.0 Å². The molecule has 9 heteroatoms. The molecule has 4 rings (SSSR count). The van der Waals surface area contributed by atoms with Crippen LogP contribution in [0.25, 0.3) is 0 Å². The van der Waals surface area contributed by atoms with Crippen LogP contribution in [0, 0.1) is 6.92 Å². The molecule has 3 aromatic carbocycles.